The van der Waals surface area contributed by atoms with E-state index in [0.717, 1.165) is 12.8 Å². The highest BCUT2D eigenvalue weighted by Gasteiger charge is 2.22. The van der Waals surface area contributed by atoms with Crippen LogP contribution in [0.2, 0.25) is 0 Å². The molecule has 0 aromatic rings. The molecule has 1 atom stereocenters. The van der Waals surface area contributed by atoms with Crippen LogP contribution >= 0.6 is 0 Å². The topological polar surface area (TPSA) is 58.6 Å². The van der Waals surface area contributed by atoms with Crippen LogP contribution < -0.4 is 5.32 Å². The predicted molar refractivity (Wildman–Crippen MR) is 73.3 cm³/mol. The van der Waals surface area contributed by atoms with Crippen molar-refractivity contribution in [2.45, 2.75) is 32.8 Å². The van der Waals surface area contributed by atoms with E-state index in [4.69, 9.17) is 4.74 Å². The minimum absolute atomic E-state index is 0.0728. The first-order valence-corrected chi connectivity index (χ1v) is 6.66. The monoisotopic (exact) mass is 266 g/mol. The Bertz CT molecular complexity index is 364. The molecule has 0 aromatic heterocycles. The van der Waals surface area contributed by atoms with Gasteiger partial charge in [0.1, 0.15) is 0 Å². The van der Waals surface area contributed by atoms with Gasteiger partial charge in [0.05, 0.1) is 11.7 Å². The van der Waals surface area contributed by atoms with Gasteiger partial charge in [0.2, 0.25) is 6.41 Å². The highest BCUT2D eigenvalue weighted by Crippen LogP contribution is 2.12. The quantitative estimate of drug-likeness (QED) is 0.462. The van der Waals surface area contributed by atoms with Gasteiger partial charge in [-0.15, -0.1) is 0 Å². The maximum absolute atomic E-state index is 12.4. The van der Waals surface area contributed by atoms with Crippen molar-refractivity contribution in [2.24, 2.45) is 0 Å². The number of carbonyl (C=O) groups is 2. The molecule has 5 nitrogen and oxygen atoms in total. The third kappa shape index (κ3) is 4.87. The summed E-state index contributed by atoms with van der Waals surface area (Å²) in [4.78, 5) is 24.5. The number of allylic oxidation sites excluding steroid dienone is 1. The Morgan fingerprint density at radius 2 is 2.32 bits per heavy atom. The van der Waals surface area contributed by atoms with Gasteiger partial charge in [0.25, 0.3) is 5.91 Å². The van der Waals surface area contributed by atoms with Crippen LogP contribution in [0.1, 0.15) is 26.7 Å². The number of nitrogens with one attached hydrogen (secondary N) is 1. The first-order chi connectivity index (χ1) is 9.22. The molecule has 0 aliphatic carbocycles. The largest absolute Gasteiger partial charge is 0.376 e. The van der Waals surface area contributed by atoms with Crippen molar-refractivity contribution in [3.8, 4) is 0 Å². The van der Waals surface area contributed by atoms with Gasteiger partial charge in [-0.25, -0.2) is 0 Å². The SMILES string of the molecule is C/C=C\C(=C/NC=O)C(=O)N1CCCOC(CC)C1. The second kappa shape index (κ2) is 8.48. The lowest BCUT2D eigenvalue weighted by atomic mass is 10.2. The van der Waals surface area contributed by atoms with Crippen molar-refractivity contribution >= 4 is 12.3 Å². The fourth-order valence-electron chi connectivity index (χ4n) is 1.99. The van der Waals surface area contributed by atoms with Crippen LogP contribution in [-0.4, -0.2) is 43.0 Å². The molecular formula is C14H22N2O3. The molecule has 2 amide bonds. The third-order valence-corrected chi connectivity index (χ3v) is 2.99. The summed E-state index contributed by atoms with van der Waals surface area (Å²) in [7, 11) is 0. The van der Waals surface area contributed by atoms with Gasteiger partial charge < -0.3 is 15.0 Å². The molecule has 1 aliphatic rings. The van der Waals surface area contributed by atoms with Gasteiger partial charge in [-0.05, 0) is 19.8 Å². The molecule has 5 heteroatoms. The van der Waals surface area contributed by atoms with Gasteiger partial charge in [-0.1, -0.05) is 19.1 Å². The predicted octanol–water partition coefficient (Wildman–Crippen LogP) is 1.22. The molecule has 1 unspecified atom stereocenters. The highest BCUT2D eigenvalue weighted by molar-refractivity contribution is 5.96. The zero-order chi connectivity index (χ0) is 14.1. The average molecular weight is 266 g/mol. The van der Waals surface area contributed by atoms with Gasteiger partial charge in [-0.3, -0.25) is 9.59 Å². The molecule has 1 N–H and O–H groups in total. The summed E-state index contributed by atoms with van der Waals surface area (Å²) in [6.07, 6.45) is 7.29. The number of hydrogen-bond acceptors (Lipinski definition) is 3. The summed E-state index contributed by atoms with van der Waals surface area (Å²) in [6.45, 7) is 5.87. The van der Waals surface area contributed by atoms with E-state index < -0.39 is 0 Å². The lowest BCUT2D eigenvalue weighted by Crippen LogP contribution is -2.37. The van der Waals surface area contributed by atoms with E-state index in [9.17, 15) is 9.59 Å². The summed E-state index contributed by atoms with van der Waals surface area (Å²) < 4.78 is 5.65. The number of hydrogen-bond donors (Lipinski definition) is 1. The summed E-state index contributed by atoms with van der Waals surface area (Å²) in [5.41, 5.74) is 0.478. The normalized spacial score (nSPS) is 21.3. The summed E-state index contributed by atoms with van der Waals surface area (Å²) in [6, 6.07) is 0. The lowest BCUT2D eigenvalue weighted by molar-refractivity contribution is -0.127. The van der Waals surface area contributed by atoms with Crippen LogP contribution in [0.3, 0.4) is 0 Å². The van der Waals surface area contributed by atoms with Crippen LogP contribution in [-0.2, 0) is 14.3 Å². The van der Waals surface area contributed by atoms with Gasteiger partial charge >= 0.3 is 0 Å². The van der Waals surface area contributed by atoms with E-state index in [2.05, 4.69) is 12.2 Å². The molecule has 0 radical (unpaired) electrons. The van der Waals surface area contributed by atoms with Crippen molar-refractivity contribution in [1.82, 2.24) is 10.2 Å². The molecule has 0 saturated carbocycles. The van der Waals surface area contributed by atoms with Crippen molar-refractivity contribution in [3.63, 3.8) is 0 Å². The minimum Gasteiger partial charge on any atom is -0.376 e. The Morgan fingerprint density at radius 3 is 2.95 bits per heavy atom. The molecule has 19 heavy (non-hydrogen) atoms. The van der Waals surface area contributed by atoms with Crippen LogP contribution in [0.4, 0.5) is 0 Å². The number of rotatable bonds is 5. The molecule has 1 heterocycles. The fourth-order valence-corrected chi connectivity index (χ4v) is 1.99. The molecule has 0 spiro atoms. The highest BCUT2D eigenvalue weighted by atomic mass is 16.5. The second-order valence-corrected chi connectivity index (χ2v) is 4.39. The second-order valence-electron chi connectivity index (χ2n) is 4.39. The first-order valence-electron chi connectivity index (χ1n) is 6.66. The maximum Gasteiger partial charge on any atom is 0.255 e. The van der Waals surface area contributed by atoms with Gasteiger partial charge in [-0.2, -0.15) is 0 Å². The zero-order valence-corrected chi connectivity index (χ0v) is 11.6. The molecule has 1 aliphatic heterocycles. The maximum atomic E-state index is 12.4. The number of carbonyl (C=O) groups excluding carboxylic acids is 2. The van der Waals surface area contributed by atoms with E-state index >= 15 is 0 Å². The summed E-state index contributed by atoms with van der Waals surface area (Å²) >= 11 is 0. The van der Waals surface area contributed by atoms with E-state index in [1.807, 2.05) is 6.92 Å². The minimum atomic E-state index is -0.0728. The van der Waals surface area contributed by atoms with Gasteiger partial charge in [0.15, 0.2) is 0 Å². The van der Waals surface area contributed by atoms with Crippen molar-refractivity contribution in [2.75, 3.05) is 19.7 Å². The Morgan fingerprint density at radius 1 is 1.53 bits per heavy atom. The molecule has 0 bridgehead atoms. The van der Waals surface area contributed by atoms with E-state index in [1.54, 1.807) is 17.1 Å². The molecular weight excluding hydrogens is 244 g/mol. The summed E-state index contributed by atoms with van der Waals surface area (Å²) in [5, 5.41) is 2.42. The number of ether oxygens (including phenoxy) is 1. The van der Waals surface area contributed by atoms with Crippen molar-refractivity contribution in [3.05, 3.63) is 23.9 Å². The smallest absolute Gasteiger partial charge is 0.255 e. The third-order valence-electron chi connectivity index (χ3n) is 2.99. The standard InChI is InChI=1S/C14H22N2O3/c1-3-6-12(9-15-11-17)14(18)16-7-5-8-19-13(4-2)10-16/h3,6,9,11,13H,4-5,7-8,10H2,1-2H3,(H,15,17)/b6-3-,12-9+. The zero-order valence-electron chi connectivity index (χ0n) is 11.6. The molecule has 1 fully saturated rings. The average Bonchev–Trinajstić information content (AvgIpc) is 2.68. The molecule has 1 saturated heterocycles. The van der Waals surface area contributed by atoms with E-state index in [0.29, 0.717) is 31.7 Å². The van der Waals surface area contributed by atoms with Crippen molar-refractivity contribution < 1.29 is 14.3 Å². The van der Waals surface area contributed by atoms with Crippen molar-refractivity contribution in [1.29, 1.82) is 0 Å². The fraction of sp³-hybridized carbons (Fsp3) is 0.571. The lowest BCUT2D eigenvalue weighted by Gasteiger charge is -2.23. The first kappa shape index (κ1) is 15.4. The molecule has 1 rings (SSSR count). The Hall–Kier alpha value is -1.62. The Kier molecular flexibility index (Phi) is 6.89. The number of amides is 2. The Labute approximate surface area is 114 Å². The molecule has 0 aromatic carbocycles. The van der Waals surface area contributed by atoms with E-state index in [-0.39, 0.29) is 12.0 Å². The molecule has 106 valence electrons. The van der Waals surface area contributed by atoms with Crippen LogP contribution in [0, 0.1) is 0 Å². The van der Waals surface area contributed by atoms with Crippen LogP contribution in [0.5, 0.6) is 0 Å². The number of nitrogens with zero attached hydrogens (tertiary/aromatic N) is 1. The summed E-state index contributed by atoms with van der Waals surface area (Å²) in [5.74, 6) is -0.0728. The Balaban J connectivity index is 2.79. The van der Waals surface area contributed by atoms with Crippen LogP contribution in [0.15, 0.2) is 23.9 Å². The van der Waals surface area contributed by atoms with Crippen LogP contribution in [0.25, 0.3) is 0 Å². The van der Waals surface area contributed by atoms with E-state index in [1.165, 1.54) is 6.20 Å². The van der Waals surface area contributed by atoms with Gasteiger partial charge in [0, 0.05) is 25.9 Å².